The molecule has 0 aromatic heterocycles. The molecule has 0 heterocycles. The van der Waals surface area contributed by atoms with E-state index in [1.165, 1.54) is 11.1 Å². The maximum atomic E-state index is 6.18. The lowest BCUT2D eigenvalue weighted by Crippen LogP contribution is -2.19. The van der Waals surface area contributed by atoms with Crippen LogP contribution in [0, 0.1) is 0 Å². The van der Waals surface area contributed by atoms with Crippen molar-refractivity contribution in [1.29, 1.82) is 0 Å². The summed E-state index contributed by atoms with van der Waals surface area (Å²) < 4.78 is 0. The zero-order chi connectivity index (χ0) is 11.3. The predicted molar refractivity (Wildman–Crippen MR) is 66.0 cm³/mol. The second kappa shape index (κ2) is 5.89. The van der Waals surface area contributed by atoms with Crippen LogP contribution >= 0.6 is 0 Å². The molecule has 0 bridgehead atoms. The summed E-state index contributed by atoms with van der Waals surface area (Å²) in [6, 6.07) is 8.63. The lowest BCUT2D eigenvalue weighted by Gasteiger charge is -2.18. The van der Waals surface area contributed by atoms with Crippen LogP contribution in [0.25, 0.3) is 0 Å². The molecule has 1 aromatic rings. The highest BCUT2D eigenvalue weighted by atomic mass is 14.8. The van der Waals surface area contributed by atoms with Gasteiger partial charge in [-0.1, -0.05) is 38.1 Å². The standard InChI is InChI=1S/C13H22N2/c1-10(2)11-6-4-5-7-12(11)13(14)8-9-15-3/h4-7,10,13,15H,8-9,14H2,1-3H3. The number of hydrogen-bond acceptors (Lipinski definition) is 2. The topological polar surface area (TPSA) is 38.0 Å². The molecule has 3 N–H and O–H groups in total. The SMILES string of the molecule is CNCCC(N)c1ccccc1C(C)C. The number of benzene rings is 1. The number of hydrogen-bond donors (Lipinski definition) is 2. The van der Waals surface area contributed by atoms with E-state index in [0.717, 1.165) is 13.0 Å². The fraction of sp³-hybridized carbons (Fsp3) is 0.538. The molecular weight excluding hydrogens is 184 g/mol. The zero-order valence-electron chi connectivity index (χ0n) is 9.96. The van der Waals surface area contributed by atoms with E-state index in [4.69, 9.17) is 5.73 Å². The summed E-state index contributed by atoms with van der Waals surface area (Å²) in [4.78, 5) is 0. The Kier molecular flexibility index (Phi) is 4.79. The summed E-state index contributed by atoms with van der Waals surface area (Å²) in [6.07, 6.45) is 0.986. The van der Waals surface area contributed by atoms with E-state index in [1.807, 2.05) is 7.05 Å². The van der Waals surface area contributed by atoms with Gasteiger partial charge in [-0.2, -0.15) is 0 Å². The van der Waals surface area contributed by atoms with Gasteiger partial charge >= 0.3 is 0 Å². The number of rotatable bonds is 5. The van der Waals surface area contributed by atoms with Crippen molar-refractivity contribution in [3.63, 3.8) is 0 Å². The van der Waals surface area contributed by atoms with Crippen molar-refractivity contribution < 1.29 is 0 Å². The van der Waals surface area contributed by atoms with Gasteiger partial charge in [0.1, 0.15) is 0 Å². The van der Waals surface area contributed by atoms with Crippen molar-refractivity contribution in [3.8, 4) is 0 Å². The quantitative estimate of drug-likeness (QED) is 0.776. The summed E-state index contributed by atoms with van der Waals surface area (Å²) >= 11 is 0. The van der Waals surface area contributed by atoms with Crippen LogP contribution in [-0.2, 0) is 0 Å². The first-order chi connectivity index (χ1) is 7.16. The maximum absolute atomic E-state index is 6.18. The molecule has 0 radical (unpaired) electrons. The van der Waals surface area contributed by atoms with E-state index in [0.29, 0.717) is 5.92 Å². The fourth-order valence-corrected chi connectivity index (χ4v) is 1.83. The largest absolute Gasteiger partial charge is 0.324 e. The lowest BCUT2D eigenvalue weighted by molar-refractivity contribution is 0.607. The second-order valence-electron chi connectivity index (χ2n) is 4.28. The van der Waals surface area contributed by atoms with Gasteiger partial charge in [-0.3, -0.25) is 0 Å². The third-order valence-corrected chi connectivity index (χ3v) is 2.72. The highest BCUT2D eigenvalue weighted by Crippen LogP contribution is 2.24. The molecule has 84 valence electrons. The van der Waals surface area contributed by atoms with E-state index >= 15 is 0 Å². The summed E-state index contributed by atoms with van der Waals surface area (Å²) in [5.41, 5.74) is 8.85. The van der Waals surface area contributed by atoms with Gasteiger partial charge in [-0.15, -0.1) is 0 Å². The molecule has 0 saturated heterocycles. The molecule has 1 aromatic carbocycles. The maximum Gasteiger partial charge on any atom is 0.0309 e. The molecule has 15 heavy (non-hydrogen) atoms. The van der Waals surface area contributed by atoms with Crippen molar-refractivity contribution in [2.75, 3.05) is 13.6 Å². The van der Waals surface area contributed by atoms with Crippen LogP contribution in [-0.4, -0.2) is 13.6 Å². The van der Waals surface area contributed by atoms with Crippen LogP contribution in [0.3, 0.4) is 0 Å². The molecule has 0 aliphatic heterocycles. The summed E-state index contributed by atoms with van der Waals surface area (Å²) in [5, 5.41) is 3.14. The van der Waals surface area contributed by atoms with E-state index in [2.05, 4.69) is 43.4 Å². The van der Waals surface area contributed by atoms with Crippen LogP contribution in [0.5, 0.6) is 0 Å². The Labute approximate surface area is 92.9 Å². The third-order valence-electron chi connectivity index (χ3n) is 2.72. The number of nitrogens with two attached hydrogens (primary N) is 1. The smallest absolute Gasteiger partial charge is 0.0309 e. The molecule has 0 aliphatic rings. The Balaban J connectivity index is 2.82. The van der Waals surface area contributed by atoms with Gasteiger partial charge in [0.2, 0.25) is 0 Å². The normalized spacial score (nSPS) is 13.1. The highest BCUT2D eigenvalue weighted by Gasteiger charge is 2.11. The monoisotopic (exact) mass is 206 g/mol. The van der Waals surface area contributed by atoms with Crippen LogP contribution in [0.2, 0.25) is 0 Å². The van der Waals surface area contributed by atoms with Gasteiger partial charge in [-0.05, 0) is 37.1 Å². The van der Waals surface area contributed by atoms with E-state index in [9.17, 15) is 0 Å². The van der Waals surface area contributed by atoms with Crippen molar-refractivity contribution >= 4 is 0 Å². The van der Waals surface area contributed by atoms with Crippen molar-refractivity contribution in [2.45, 2.75) is 32.2 Å². The first kappa shape index (κ1) is 12.2. The average Bonchev–Trinajstić information content (AvgIpc) is 2.25. The number of nitrogens with one attached hydrogen (secondary N) is 1. The van der Waals surface area contributed by atoms with Crippen molar-refractivity contribution in [1.82, 2.24) is 5.32 Å². The third kappa shape index (κ3) is 3.33. The first-order valence-corrected chi connectivity index (χ1v) is 5.65. The van der Waals surface area contributed by atoms with Gasteiger partial charge in [-0.25, -0.2) is 0 Å². The van der Waals surface area contributed by atoms with E-state index in [-0.39, 0.29) is 6.04 Å². The lowest BCUT2D eigenvalue weighted by atomic mass is 9.92. The Morgan fingerprint density at radius 1 is 1.20 bits per heavy atom. The van der Waals surface area contributed by atoms with Crippen LogP contribution in [0.15, 0.2) is 24.3 Å². The molecule has 0 aliphatic carbocycles. The van der Waals surface area contributed by atoms with Crippen LogP contribution < -0.4 is 11.1 Å². The summed E-state index contributed by atoms with van der Waals surface area (Å²) in [7, 11) is 1.96. The second-order valence-corrected chi connectivity index (χ2v) is 4.28. The Hall–Kier alpha value is -0.860. The molecular formula is C13H22N2. The van der Waals surface area contributed by atoms with Gasteiger partial charge in [0, 0.05) is 6.04 Å². The highest BCUT2D eigenvalue weighted by molar-refractivity contribution is 5.32. The minimum atomic E-state index is 0.149. The molecule has 2 heteroatoms. The van der Waals surface area contributed by atoms with Crippen molar-refractivity contribution in [2.24, 2.45) is 5.73 Å². The van der Waals surface area contributed by atoms with Crippen molar-refractivity contribution in [3.05, 3.63) is 35.4 Å². The van der Waals surface area contributed by atoms with E-state index < -0.39 is 0 Å². The van der Waals surface area contributed by atoms with Crippen LogP contribution in [0.4, 0.5) is 0 Å². The predicted octanol–water partition coefficient (Wildman–Crippen LogP) is 2.42. The minimum absolute atomic E-state index is 0.149. The molecule has 0 amide bonds. The summed E-state index contributed by atoms with van der Waals surface area (Å²) in [5.74, 6) is 0.543. The van der Waals surface area contributed by atoms with Gasteiger partial charge < -0.3 is 11.1 Å². The Morgan fingerprint density at radius 3 is 2.33 bits per heavy atom. The molecule has 1 rings (SSSR count). The Bertz CT molecular complexity index is 294. The first-order valence-electron chi connectivity index (χ1n) is 5.65. The zero-order valence-corrected chi connectivity index (χ0v) is 9.96. The van der Waals surface area contributed by atoms with Gasteiger partial charge in [0.15, 0.2) is 0 Å². The molecule has 1 unspecified atom stereocenters. The Morgan fingerprint density at radius 2 is 1.80 bits per heavy atom. The molecule has 1 atom stereocenters. The van der Waals surface area contributed by atoms with Gasteiger partial charge in [0.05, 0.1) is 0 Å². The van der Waals surface area contributed by atoms with Crippen LogP contribution in [0.1, 0.15) is 43.4 Å². The molecule has 0 saturated carbocycles. The summed E-state index contributed by atoms with van der Waals surface area (Å²) in [6.45, 7) is 5.39. The molecule has 0 spiro atoms. The van der Waals surface area contributed by atoms with Gasteiger partial charge in [0.25, 0.3) is 0 Å². The average molecular weight is 206 g/mol. The molecule has 0 fully saturated rings. The van der Waals surface area contributed by atoms with E-state index in [1.54, 1.807) is 0 Å². The molecule has 2 nitrogen and oxygen atoms in total. The minimum Gasteiger partial charge on any atom is -0.324 e. The fourth-order valence-electron chi connectivity index (χ4n) is 1.83.